The quantitative estimate of drug-likeness (QED) is 0.892. The molecule has 23 heavy (non-hydrogen) atoms. The number of rotatable bonds is 5. The van der Waals surface area contributed by atoms with E-state index in [0.717, 1.165) is 18.4 Å². The van der Waals surface area contributed by atoms with Crippen molar-refractivity contribution in [2.45, 2.75) is 31.2 Å². The maximum atomic E-state index is 12.1. The van der Waals surface area contributed by atoms with Crippen LogP contribution in [-0.4, -0.2) is 23.0 Å². The third-order valence-electron chi connectivity index (χ3n) is 4.31. The monoisotopic (exact) mass is 309 g/mol. The molecule has 0 unspecified atom stereocenters. The molecule has 1 amide bonds. The maximum Gasteiger partial charge on any atom is 0.335 e. The van der Waals surface area contributed by atoms with Crippen molar-refractivity contribution in [3.8, 4) is 0 Å². The SMILES string of the molecule is O=C(Cc1cccc(C(=O)O)c1)NC1CC(c2ccccc2)C1. The molecular formula is C19H19NO3. The predicted octanol–water partition coefficient (Wildman–Crippen LogP) is 2.99. The molecule has 1 aliphatic rings. The zero-order valence-electron chi connectivity index (χ0n) is 12.7. The highest BCUT2D eigenvalue weighted by Gasteiger charge is 2.31. The third-order valence-corrected chi connectivity index (χ3v) is 4.31. The molecule has 0 radical (unpaired) electrons. The van der Waals surface area contributed by atoms with E-state index >= 15 is 0 Å². The molecule has 0 heterocycles. The lowest BCUT2D eigenvalue weighted by molar-refractivity contribution is -0.121. The highest BCUT2D eigenvalue weighted by molar-refractivity contribution is 5.88. The van der Waals surface area contributed by atoms with Crippen molar-refractivity contribution in [3.63, 3.8) is 0 Å². The van der Waals surface area contributed by atoms with E-state index in [2.05, 4.69) is 17.4 Å². The summed E-state index contributed by atoms with van der Waals surface area (Å²) in [6.07, 6.45) is 2.14. The Morgan fingerprint density at radius 2 is 1.78 bits per heavy atom. The molecule has 0 aliphatic heterocycles. The number of carboxylic acids is 1. The van der Waals surface area contributed by atoms with Gasteiger partial charge in [-0.25, -0.2) is 4.79 Å². The van der Waals surface area contributed by atoms with E-state index in [4.69, 9.17) is 5.11 Å². The van der Waals surface area contributed by atoms with Crippen LogP contribution in [0.15, 0.2) is 54.6 Å². The number of aromatic carboxylic acids is 1. The number of benzene rings is 2. The Bertz CT molecular complexity index is 706. The summed E-state index contributed by atoms with van der Waals surface area (Å²) >= 11 is 0. The first-order valence-electron chi connectivity index (χ1n) is 7.78. The average Bonchev–Trinajstić information content (AvgIpc) is 2.51. The van der Waals surface area contributed by atoms with Gasteiger partial charge in [0, 0.05) is 6.04 Å². The smallest absolute Gasteiger partial charge is 0.335 e. The zero-order valence-corrected chi connectivity index (χ0v) is 12.7. The number of hydrogen-bond acceptors (Lipinski definition) is 2. The topological polar surface area (TPSA) is 66.4 Å². The molecule has 4 heteroatoms. The normalized spacial score (nSPS) is 19.7. The Kier molecular flexibility index (Phi) is 4.42. The molecule has 0 aromatic heterocycles. The van der Waals surface area contributed by atoms with E-state index in [1.165, 1.54) is 11.6 Å². The highest BCUT2D eigenvalue weighted by Crippen LogP contribution is 2.36. The summed E-state index contributed by atoms with van der Waals surface area (Å²) < 4.78 is 0. The van der Waals surface area contributed by atoms with E-state index in [9.17, 15) is 9.59 Å². The molecule has 0 atom stereocenters. The first-order valence-corrected chi connectivity index (χ1v) is 7.78. The fourth-order valence-corrected chi connectivity index (χ4v) is 3.01. The van der Waals surface area contributed by atoms with Gasteiger partial charge < -0.3 is 10.4 Å². The lowest BCUT2D eigenvalue weighted by Crippen LogP contribution is -2.43. The average molecular weight is 309 g/mol. The molecule has 118 valence electrons. The molecule has 1 aliphatic carbocycles. The van der Waals surface area contributed by atoms with E-state index in [1.807, 2.05) is 18.2 Å². The standard InChI is InChI=1S/C19H19NO3/c21-18(10-13-5-4-8-15(9-13)19(22)23)20-17-11-16(12-17)14-6-2-1-3-7-14/h1-9,16-17H,10-12H2,(H,20,21)(H,22,23). The lowest BCUT2D eigenvalue weighted by Gasteiger charge is -2.36. The van der Waals surface area contributed by atoms with Crippen molar-refractivity contribution < 1.29 is 14.7 Å². The van der Waals surface area contributed by atoms with Crippen molar-refractivity contribution in [2.24, 2.45) is 0 Å². The van der Waals surface area contributed by atoms with Gasteiger partial charge in [0.2, 0.25) is 5.91 Å². The van der Waals surface area contributed by atoms with Crippen LogP contribution in [0.1, 0.15) is 40.2 Å². The van der Waals surface area contributed by atoms with Gasteiger partial charge in [-0.1, -0.05) is 42.5 Å². The van der Waals surface area contributed by atoms with Gasteiger partial charge in [-0.3, -0.25) is 4.79 Å². The molecule has 2 N–H and O–H groups in total. The van der Waals surface area contributed by atoms with Gasteiger partial charge in [-0.2, -0.15) is 0 Å². The number of amides is 1. The van der Waals surface area contributed by atoms with Crippen LogP contribution >= 0.6 is 0 Å². The van der Waals surface area contributed by atoms with E-state index < -0.39 is 5.97 Å². The molecule has 0 saturated heterocycles. The molecule has 3 rings (SSSR count). The Morgan fingerprint density at radius 1 is 1.04 bits per heavy atom. The van der Waals surface area contributed by atoms with Crippen molar-refractivity contribution in [1.82, 2.24) is 5.32 Å². The number of nitrogens with one attached hydrogen (secondary N) is 1. The van der Waals surface area contributed by atoms with Gasteiger partial charge in [0.15, 0.2) is 0 Å². The van der Waals surface area contributed by atoms with Crippen LogP contribution in [0.5, 0.6) is 0 Å². The van der Waals surface area contributed by atoms with Gasteiger partial charge in [0.25, 0.3) is 0 Å². The fourth-order valence-electron chi connectivity index (χ4n) is 3.01. The van der Waals surface area contributed by atoms with Gasteiger partial charge in [0.05, 0.1) is 12.0 Å². The van der Waals surface area contributed by atoms with Gasteiger partial charge in [-0.15, -0.1) is 0 Å². The Balaban J connectivity index is 1.49. The summed E-state index contributed by atoms with van der Waals surface area (Å²) in [5.74, 6) is -0.502. The number of hydrogen-bond donors (Lipinski definition) is 2. The fraction of sp³-hybridized carbons (Fsp3) is 0.263. The lowest BCUT2D eigenvalue weighted by atomic mass is 9.76. The molecular weight excluding hydrogens is 290 g/mol. The summed E-state index contributed by atoms with van der Waals surface area (Å²) in [5, 5.41) is 12.0. The molecule has 1 fully saturated rings. The van der Waals surface area contributed by atoms with Crippen LogP contribution in [0.2, 0.25) is 0 Å². The summed E-state index contributed by atoms with van der Waals surface area (Å²) in [5.41, 5.74) is 2.26. The largest absolute Gasteiger partial charge is 0.478 e. The van der Waals surface area contributed by atoms with E-state index in [-0.39, 0.29) is 23.9 Å². The van der Waals surface area contributed by atoms with Crippen LogP contribution < -0.4 is 5.32 Å². The first-order chi connectivity index (χ1) is 11.1. The van der Waals surface area contributed by atoms with Gasteiger partial charge in [0.1, 0.15) is 0 Å². The zero-order chi connectivity index (χ0) is 16.2. The molecule has 4 nitrogen and oxygen atoms in total. The molecule has 0 spiro atoms. The van der Waals surface area contributed by atoms with Crippen LogP contribution in [0.25, 0.3) is 0 Å². The number of carbonyl (C=O) groups excluding carboxylic acids is 1. The minimum absolute atomic E-state index is 0.0518. The van der Waals surface area contributed by atoms with Crippen molar-refractivity contribution in [3.05, 3.63) is 71.3 Å². The Morgan fingerprint density at radius 3 is 2.48 bits per heavy atom. The minimum Gasteiger partial charge on any atom is -0.478 e. The van der Waals surface area contributed by atoms with E-state index in [1.54, 1.807) is 18.2 Å². The second-order valence-corrected chi connectivity index (χ2v) is 6.03. The molecule has 1 saturated carbocycles. The minimum atomic E-state index is -0.975. The predicted molar refractivity (Wildman–Crippen MR) is 87.5 cm³/mol. The van der Waals surface area contributed by atoms with Crippen LogP contribution in [0.4, 0.5) is 0 Å². The third kappa shape index (κ3) is 3.77. The number of carboxylic acid groups (broad SMARTS) is 1. The van der Waals surface area contributed by atoms with Gasteiger partial charge in [-0.05, 0) is 42.0 Å². The van der Waals surface area contributed by atoms with Crippen molar-refractivity contribution >= 4 is 11.9 Å². The summed E-state index contributed by atoms with van der Waals surface area (Å²) in [7, 11) is 0. The van der Waals surface area contributed by atoms with Crippen molar-refractivity contribution in [1.29, 1.82) is 0 Å². The Labute approximate surface area is 135 Å². The van der Waals surface area contributed by atoms with Crippen LogP contribution in [0.3, 0.4) is 0 Å². The molecule has 2 aromatic rings. The van der Waals surface area contributed by atoms with E-state index in [0.29, 0.717) is 5.92 Å². The molecule has 2 aromatic carbocycles. The highest BCUT2D eigenvalue weighted by atomic mass is 16.4. The second kappa shape index (κ2) is 6.65. The number of carbonyl (C=O) groups is 2. The summed E-state index contributed by atoms with van der Waals surface area (Å²) in [6, 6.07) is 17.1. The molecule has 0 bridgehead atoms. The first kappa shape index (κ1) is 15.3. The second-order valence-electron chi connectivity index (χ2n) is 6.03. The summed E-state index contributed by atoms with van der Waals surface area (Å²) in [4.78, 5) is 23.0. The van der Waals surface area contributed by atoms with Crippen molar-refractivity contribution in [2.75, 3.05) is 0 Å². The van der Waals surface area contributed by atoms with Gasteiger partial charge >= 0.3 is 5.97 Å². The summed E-state index contributed by atoms with van der Waals surface area (Å²) in [6.45, 7) is 0. The van der Waals surface area contributed by atoms with Crippen LogP contribution in [-0.2, 0) is 11.2 Å². The Hall–Kier alpha value is -2.62. The maximum absolute atomic E-state index is 12.1. The van der Waals surface area contributed by atoms with Crippen LogP contribution in [0, 0.1) is 0 Å².